The highest BCUT2D eigenvalue weighted by Gasteiger charge is 2.09. The Bertz CT molecular complexity index is 735. The van der Waals surface area contributed by atoms with Gasteiger partial charge in [0.2, 0.25) is 0 Å². The van der Waals surface area contributed by atoms with Crippen LogP contribution in [0.2, 0.25) is 0 Å². The molecule has 0 radical (unpaired) electrons. The highest BCUT2D eigenvalue weighted by molar-refractivity contribution is 5.68. The number of rotatable bonds is 9. The van der Waals surface area contributed by atoms with Gasteiger partial charge in [0.25, 0.3) is 0 Å². The number of hydrogen-bond acceptors (Lipinski definition) is 2. The summed E-state index contributed by atoms with van der Waals surface area (Å²) in [6.45, 7) is 4.41. The van der Waals surface area contributed by atoms with E-state index in [1.807, 2.05) is 24.3 Å². The minimum atomic E-state index is -0.127. The lowest BCUT2D eigenvalue weighted by molar-refractivity contribution is -0.140. The number of ether oxygens (including phenoxy) is 1. The Morgan fingerprint density at radius 1 is 1.11 bits per heavy atom. The molecule has 0 saturated carbocycles. The maximum absolute atomic E-state index is 11.1. The van der Waals surface area contributed by atoms with Crippen LogP contribution < -0.4 is 0 Å². The molecule has 148 valence electrons. The summed E-state index contributed by atoms with van der Waals surface area (Å²) in [7, 11) is 1.44. The molecule has 2 nitrogen and oxygen atoms in total. The lowest BCUT2D eigenvalue weighted by Crippen LogP contribution is -2.07. The third-order valence-electron chi connectivity index (χ3n) is 4.66. The predicted octanol–water partition coefficient (Wildman–Crippen LogP) is 5.74. The molecule has 0 N–H and O–H groups in total. The minimum Gasteiger partial charge on any atom is -0.469 e. The molecule has 2 heteroatoms. The van der Waals surface area contributed by atoms with Crippen LogP contribution in [0.5, 0.6) is 0 Å². The number of methoxy groups -OCH3 is 1. The van der Waals surface area contributed by atoms with Gasteiger partial charge in [-0.15, -0.1) is 5.92 Å². The molecule has 0 amide bonds. The lowest BCUT2D eigenvalue weighted by Gasteiger charge is -2.15. The van der Waals surface area contributed by atoms with Crippen LogP contribution in [-0.2, 0) is 16.0 Å². The monoisotopic (exact) mass is 376 g/mol. The smallest absolute Gasteiger partial charge is 0.305 e. The van der Waals surface area contributed by atoms with Gasteiger partial charge in [0.05, 0.1) is 13.5 Å². The number of carbonyl (C=O) groups excluding carboxylic acids is 1. The largest absolute Gasteiger partial charge is 0.469 e. The Morgan fingerprint density at radius 3 is 2.64 bits per heavy atom. The second-order valence-electron chi connectivity index (χ2n) is 6.89. The van der Waals surface area contributed by atoms with E-state index in [9.17, 15) is 4.79 Å². The first-order valence-electron chi connectivity index (χ1n) is 10.0. The average Bonchev–Trinajstić information content (AvgIpc) is 2.72. The number of carbonyl (C=O) groups is 1. The zero-order valence-electron chi connectivity index (χ0n) is 17.4. The third-order valence-corrected chi connectivity index (χ3v) is 4.66. The Kier molecular flexibility index (Phi) is 12.8. The first-order valence-corrected chi connectivity index (χ1v) is 10.0. The van der Waals surface area contributed by atoms with E-state index in [-0.39, 0.29) is 5.97 Å². The zero-order chi connectivity index (χ0) is 20.5. The lowest BCUT2D eigenvalue weighted by atomic mass is 9.90. The molecular formula is C26H32O2. The zero-order valence-corrected chi connectivity index (χ0v) is 17.4. The van der Waals surface area contributed by atoms with Crippen LogP contribution in [0.3, 0.4) is 0 Å². The van der Waals surface area contributed by atoms with Gasteiger partial charge in [0.15, 0.2) is 0 Å². The Hall–Kier alpha value is -2.71. The molecule has 0 aliphatic heterocycles. The Morgan fingerprint density at radius 2 is 1.89 bits per heavy atom. The van der Waals surface area contributed by atoms with E-state index in [0.29, 0.717) is 24.7 Å². The van der Waals surface area contributed by atoms with E-state index in [2.05, 4.69) is 72.6 Å². The maximum atomic E-state index is 11.1. The molecule has 28 heavy (non-hydrogen) atoms. The van der Waals surface area contributed by atoms with E-state index in [1.165, 1.54) is 12.7 Å². The molecule has 0 aliphatic carbocycles. The van der Waals surface area contributed by atoms with Crippen LogP contribution in [-0.4, -0.2) is 13.1 Å². The van der Waals surface area contributed by atoms with Crippen molar-refractivity contribution in [3.8, 4) is 23.7 Å². The Labute approximate surface area is 171 Å². The van der Waals surface area contributed by atoms with Crippen molar-refractivity contribution < 1.29 is 9.53 Å². The summed E-state index contributed by atoms with van der Waals surface area (Å²) in [5.41, 5.74) is 1.32. The fraction of sp³-hybridized carbons (Fsp3) is 0.423. The van der Waals surface area contributed by atoms with Crippen molar-refractivity contribution in [1.82, 2.24) is 0 Å². The van der Waals surface area contributed by atoms with Gasteiger partial charge in [-0.25, -0.2) is 0 Å². The molecule has 0 spiro atoms. The average molecular weight is 377 g/mol. The quantitative estimate of drug-likeness (QED) is 0.312. The first-order chi connectivity index (χ1) is 13.6. The van der Waals surface area contributed by atoms with Crippen molar-refractivity contribution in [1.29, 1.82) is 0 Å². The topological polar surface area (TPSA) is 26.3 Å². The normalized spacial score (nSPS) is 12.7. The maximum Gasteiger partial charge on any atom is 0.305 e. The van der Waals surface area contributed by atoms with E-state index in [0.717, 1.165) is 25.7 Å². The van der Waals surface area contributed by atoms with Crippen LogP contribution in [0.4, 0.5) is 0 Å². The number of benzene rings is 1. The summed E-state index contributed by atoms with van der Waals surface area (Å²) in [6.07, 6.45) is 12.9. The number of allylic oxidation sites excluding steroid dienone is 4. The van der Waals surface area contributed by atoms with Crippen LogP contribution in [0.1, 0.15) is 51.5 Å². The molecule has 1 aromatic carbocycles. The number of esters is 1. The van der Waals surface area contributed by atoms with Gasteiger partial charge in [-0.3, -0.25) is 4.79 Å². The summed E-state index contributed by atoms with van der Waals surface area (Å²) >= 11 is 0. The highest BCUT2D eigenvalue weighted by Crippen LogP contribution is 2.19. The second kappa shape index (κ2) is 15.4. The van der Waals surface area contributed by atoms with Crippen molar-refractivity contribution >= 4 is 5.97 Å². The molecule has 0 bridgehead atoms. The third kappa shape index (κ3) is 11.8. The molecule has 0 fully saturated rings. The van der Waals surface area contributed by atoms with Crippen molar-refractivity contribution in [2.75, 3.05) is 7.11 Å². The SMILES string of the molecule is COC(=O)CCCC(C)C(C)/C=C/C=C/C#CCC#CCCc1ccccc1. The van der Waals surface area contributed by atoms with Crippen LogP contribution in [0.15, 0.2) is 54.6 Å². The molecule has 0 aliphatic rings. The molecule has 1 aromatic rings. The van der Waals surface area contributed by atoms with E-state index < -0.39 is 0 Å². The highest BCUT2D eigenvalue weighted by atomic mass is 16.5. The minimum absolute atomic E-state index is 0.127. The second-order valence-corrected chi connectivity index (χ2v) is 6.89. The molecule has 2 unspecified atom stereocenters. The summed E-state index contributed by atoms with van der Waals surface area (Å²) in [4.78, 5) is 11.1. The van der Waals surface area contributed by atoms with Crippen LogP contribution in [0.25, 0.3) is 0 Å². The summed E-state index contributed by atoms with van der Waals surface area (Å²) in [5.74, 6) is 13.2. The molecule has 0 heterocycles. The molecule has 0 saturated heterocycles. The van der Waals surface area contributed by atoms with Crippen LogP contribution in [0, 0.1) is 35.5 Å². The number of aryl methyl sites for hydroxylation is 1. The van der Waals surface area contributed by atoms with Crippen molar-refractivity contribution in [3.63, 3.8) is 0 Å². The van der Waals surface area contributed by atoms with Gasteiger partial charge in [-0.2, -0.15) is 0 Å². The predicted molar refractivity (Wildman–Crippen MR) is 117 cm³/mol. The fourth-order valence-corrected chi connectivity index (χ4v) is 2.62. The number of hydrogen-bond donors (Lipinski definition) is 0. The standard InChI is InChI=1S/C26H32O2/c1-23(24(2)18-16-22-26(27)28-3)17-12-9-7-5-4-6-8-10-13-19-25-20-14-11-15-21-25/h7,9,11-12,14-15,17,20-21,23-24H,6,13,16,18-19,22H2,1-3H3/b9-7+,17-12+. The van der Waals surface area contributed by atoms with Gasteiger partial charge in [0.1, 0.15) is 0 Å². The van der Waals surface area contributed by atoms with Gasteiger partial charge in [-0.1, -0.05) is 80.2 Å². The first kappa shape index (κ1) is 23.3. The van der Waals surface area contributed by atoms with Gasteiger partial charge < -0.3 is 4.74 Å². The summed E-state index contributed by atoms with van der Waals surface area (Å²) in [5, 5.41) is 0. The Balaban J connectivity index is 2.18. The van der Waals surface area contributed by atoms with Gasteiger partial charge >= 0.3 is 5.97 Å². The van der Waals surface area contributed by atoms with Crippen LogP contribution >= 0.6 is 0 Å². The van der Waals surface area contributed by atoms with E-state index >= 15 is 0 Å². The molecule has 2 atom stereocenters. The fourth-order valence-electron chi connectivity index (χ4n) is 2.62. The van der Waals surface area contributed by atoms with Gasteiger partial charge in [0, 0.05) is 12.8 Å². The van der Waals surface area contributed by atoms with Crippen molar-refractivity contribution in [2.24, 2.45) is 11.8 Å². The summed E-state index contributed by atoms with van der Waals surface area (Å²) < 4.78 is 4.67. The van der Waals surface area contributed by atoms with Crippen molar-refractivity contribution in [3.05, 3.63) is 60.2 Å². The van der Waals surface area contributed by atoms with Crippen molar-refractivity contribution in [2.45, 2.75) is 52.4 Å². The van der Waals surface area contributed by atoms with Gasteiger partial charge in [-0.05, 0) is 42.7 Å². The van der Waals surface area contributed by atoms with E-state index in [4.69, 9.17) is 0 Å². The van der Waals surface area contributed by atoms with E-state index in [1.54, 1.807) is 0 Å². The molecule has 1 rings (SSSR count). The molecule has 0 aromatic heterocycles. The molecular weight excluding hydrogens is 344 g/mol. The summed E-state index contributed by atoms with van der Waals surface area (Å²) in [6, 6.07) is 10.4.